The Bertz CT molecular complexity index is 819. The Hall–Kier alpha value is -1.43. The van der Waals surface area contributed by atoms with Gasteiger partial charge in [-0.1, -0.05) is 36.4 Å². The number of hydrogen-bond donors (Lipinski definition) is 1. The maximum absolute atomic E-state index is 12.9. The first-order chi connectivity index (χ1) is 12.5. The van der Waals surface area contributed by atoms with Crippen molar-refractivity contribution in [2.75, 3.05) is 6.61 Å². The summed E-state index contributed by atoms with van der Waals surface area (Å²) in [5.74, 6) is -0.757. The molecule has 0 bridgehead atoms. The third-order valence-corrected chi connectivity index (χ3v) is 6.26. The van der Waals surface area contributed by atoms with E-state index in [1.807, 2.05) is 24.3 Å². The summed E-state index contributed by atoms with van der Waals surface area (Å²) in [4.78, 5) is 17.6. The molecular formula is C18H21ClNO5P. The number of rotatable bonds is 6. The summed E-state index contributed by atoms with van der Waals surface area (Å²) in [5.41, 5.74) is 2.58. The third-order valence-electron chi connectivity index (χ3n) is 4.13. The highest BCUT2D eigenvalue weighted by atomic mass is 35.7. The van der Waals surface area contributed by atoms with Crippen molar-refractivity contribution in [1.82, 2.24) is 5.48 Å². The zero-order valence-corrected chi connectivity index (χ0v) is 16.0. The number of carbonyl (C=O) groups is 1. The fraction of sp³-hybridized carbons (Fsp3) is 0.389. The highest BCUT2D eigenvalue weighted by molar-refractivity contribution is 7.92. The number of hydrogen-bond acceptors (Lipinski definition) is 6. The van der Waals surface area contributed by atoms with Crippen LogP contribution in [0.1, 0.15) is 26.2 Å². The van der Waals surface area contributed by atoms with Crippen molar-refractivity contribution in [2.24, 2.45) is 0 Å². The van der Waals surface area contributed by atoms with E-state index in [0.29, 0.717) is 17.3 Å². The van der Waals surface area contributed by atoms with Gasteiger partial charge >= 0.3 is 12.7 Å². The summed E-state index contributed by atoms with van der Waals surface area (Å²) in [6.07, 6.45) is 2.35. The molecule has 0 amide bonds. The molecule has 1 N–H and O–H groups in total. The molecule has 1 aliphatic heterocycles. The summed E-state index contributed by atoms with van der Waals surface area (Å²) in [6.45, 7) is -1.69. The van der Waals surface area contributed by atoms with Crippen LogP contribution in [-0.4, -0.2) is 24.9 Å². The SMILES string of the molecule is C[C@H](NOC1CCCCO1)C(=O)OP(=O)(Cl)c1cccc2ccccc12. The quantitative estimate of drug-likeness (QED) is 0.589. The summed E-state index contributed by atoms with van der Waals surface area (Å²) in [7, 11) is 0. The summed E-state index contributed by atoms with van der Waals surface area (Å²) in [5, 5.41) is 1.86. The van der Waals surface area contributed by atoms with Crippen LogP contribution in [0, 0.1) is 0 Å². The Morgan fingerprint density at radius 1 is 1.27 bits per heavy atom. The van der Waals surface area contributed by atoms with Gasteiger partial charge < -0.3 is 9.26 Å². The first-order valence-electron chi connectivity index (χ1n) is 8.51. The minimum Gasteiger partial charge on any atom is -0.396 e. The molecule has 0 aromatic heterocycles. The van der Waals surface area contributed by atoms with Crippen LogP contribution >= 0.6 is 18.0 Å². The van der Waals surface area contributed by atoms with E-state index in [0.717, 1.165) is 24.6 Å². The van der Waals surface area contributed by atoms with Gasteiger partial charge in [0, 0.05) is 13.0 Å². The van der Waals surface area contributed by atoms with E-state index < -0.39 is 25.0 Å². The van der Waals surface area contributed by atoms with E-state index >= 15 is 0 Å². The summed E-state index contributed by atoms with van der Waals surface area (Å²) >= 11 is 6.15. The minimum atomic E-state index is -3.86. The van der Waals surface area contributed by atoms with E-state index in [4.69, 9.17) is 25.3 Å². The fourth-order valence-electron chi connectivity index (χ4n) is 2.72. The van der Waals surface area contributed by atoms with Gasteiger partial charge in [-0.3, -0.25) is 9.40 Å². The molecule has 26 heavy (non-hydrogen) atoms. The normalized spacial score (nSPS) is 21.1. The average molecular weight is 398 g/mol. The van der Waals surface area contributed by atoms with Crippen LogP contribution in [0.3, 0.4) is 0 Å². The molecule has 2 unspecified atom stereocenters. The Morgan fingerprint density at radius 2 is 2.04 bits per heavy atom. The minimum absolute atomic E-state index is 0.300. The zero-order chi connectivity index (χ0) is 18.6. The second kappa shape index (κ2) is 8.51. The van der Waals surface area contributed by atoms with Gasteiger partial charge in [-0.25, -0.2) is 4.79 Å². The Labute approximate surface area is 157 Å². The maximum atomic E-state index is 12.9. The van der Waals surface area contributed by atoms with Gasteiger partial charge in [-0.05, 0) is 47.8 Å². The smallest absolute Gasteiger partial charge is 0.369 e. The fourth-order valence-corrected chi connectivity index (χ4v) is 4.61. The summed E-state index contributed by atoms with van der Waals surface area (Å²) in [6, 6.07) is 11.7. The van der Waals surface area contributed by atoms with Crippen molar-refractivity contribution >= 4 is 40.0 Å². The van der Waals surface area contributed by atoms with E-state index in [1.54, 1.807) is 25.1 Å². The molecule has 1 heterocycles. The molecule has 3 atom stereocenters. The predicted octanol–water partition coefficient (Wildman–Crippen LogP) is 3.88. The molecule has 0 spiro atoms. The van der Waals surface area contributed by atoms with Gasteiger partial charge in [0.2, 0.25) is 0 Å². The Kier molecular flexibility index (Phi) is 6.33. The topological polar surface area (TPSA) is 73.9 Å². The van der Waals surface area contributed by atoms with Gasteiger partial charge in [0.15, 0.2) is 6.29 Å². The molecule has 1 aliphatic rings. The van der Waals surface area contributed by atoms with E-state index in [2.05, 4.69) is 5.48 Å². The van der Waals surface area contributed by atoms with Crippen LogP contribution < -0.4 is 10.8 Å². The molecule has 2 aromatic rings. The molecule has 0 radical (unpaired) electrons. The number of nitrogens with one attached hydrogen (secondary N) is 1. The molecule has 8 heteroatoms. The number of carbonyl (C=O) groups excluding carboxylic acids is 1. The number of halogens is 1. The van der Waals surface area contributed by atoms with Crippen molar-refractivity contribution < 1.29 is 23.5 Å². The van der Waals surface area contributed by atoms with E-state index in [1.165, 1.54) is 0 Å². The van der Waals surface area contributed by atoms with Crippen LogP contribution in [0.5, 0.6) is 0 Å². The monoisotopic (exact) mass is 397 g/mol. The van der Waals surface area contributed by atoms with Crippen LogP contribution in [0.4, 0.5) is 0 Å². The van der Waals surface area contributed by atoms with Crippen molar-refractivity contribution in [3.63, 3.8) is 0 Å². The second-order valence-corrected chi connectivity index (χ2v) is 9.10. The van der Waals surface area contributed by atoms with Crippen LogP contribution in [0.25, 0.3) is 10.8 Å². The lowest BCUT2D eigenvalue weighted by Gasteiger charge is -2.24. The number of fused-ring (bicyclic) bond motifs is 1. The average Bonchev–Trinajstić information content (AvgIpc) is 2.66. The molecule has 140 valence electrons. The lowest BCUT2D eigenvalue weighted by molar-refractivity contribution is -0.204. The first-order valence-corrected chi connectivity index (χ1v) is 11.0. The largest absolute Gasteiger partial charge is 0.396 e. The number of benzene rings is 2. The van der Waals surface area contributed by atoms with Crippen molar-refractivity contribution in [1.29, 1.82) is 0 Å². The van der Waals surface area contributed by atoms with E-state index in [9.17, 15) is 9.36 Å². The van der Waals surface area contributed by atoms with Crippen molar-refractivity contribution in [2.45, 2.75) is 38.5 Å². The molecular weight excluding hydrogens is 377 g/mol. The van der Waals surface area contributed by atoms with E-state index in [-0.39, 0.29) is 0 Å². The molecule has 2 aromatic carbocycles. The lowest BCUT2D eigenvalue weighted by atomic mass is 10.1. The van der Waals surface area contributed by atoms with Gasteiger partial charge in [-0.2, -0.15) is 5.48 Å². The van der Waals surface area contributed by atoms with Crippen LogP contribution in [-0.2, 0) is 23.5 Å². The highest BCUT2D eigenvalue weighted by Gasteiger charge is 2.31. The third kappa shape index (κ3) is 4.64. The van der Waals surface area contributed by atoms with Gasteiger partial charge in [-0.15, -0.1) is 0 Å². The van der Waals surface area contributed by atoms with Gasteiger partial charge in [0.1, 0.15) is 6.04 Å². The maximum Gasteiger partial charge on any atom is 0.369 e. The standard InChI is InChI=1S/C18H21ClNO5P/c1-13(20-24-17-11-4-5-12-23-17)18(21)25-26(19,22)16-10-6-8-14-7-2-3-9-15(14)16/h2-3,6-10,13,17,20H,4-5,11-12H2,1H3/t13-,17?,26?/m0/s1. The zero-order valence-electron chi connectivity index (χ0n) is 14.4. The van der Waals surface area contributed by atoms with Gasteiger partial charge in [0.25, 0.3) is 0 Å². The van der Waals surface area contributed by atoms with Crippen LogP contribution in [0.15, 0.2) is 42.5 Å². The van der Waals surface area contributed by atoms with Crippen molar-refractivity contribution in [3.05, 3.63) is 42.5 Å². The molecule has 1 saturated heterocycles. The molecule has 1 fully saturated rings. The lowest BCUT2D eigenvalue weighted by Crippen LogP contribution is -2.39. The number of ether oxygens (including phenoxy) is 1. The Balaban J connectivity index is 1.65. The second-order valence-electron chi connectivity index (χ2n) is 6.14. The summed E-state index contributed by atoms with van der Waals surface area (Å²) < 4.78 is 23.4. The van der Waals surface area contributed by atoms with Crippen LogP contribution in [0.2, 0.25) is 0 Å². The van der Waals surface area contributed by atoms with Gasteiger partial charge in [0.05, 0.1) is 5.30 Å². The Morgan fingerprint density at radius 3 is 2.81 bits per heavy atom. The predicted molar refractivity (Wildman–Crippen MR) is 100 cm³/mol. The highest BCUT2D eigenvalue weighted by Crippen LogP contribution is 2.52. The molecule has 0 aliphatic carbocycles. The molecule has 0 saturated carbocycles. The molecule has 3 rings (SSSR count). The van der Waals surface area contributed by atoms with Crippen molar-refractivity contribution in [3.8, 4) is 0 Å². The molecule has 6 nitrogen and oxygen atoms in total. The number of hydroxylamine groups is 1. The first kappa shape index (κ1) is 19.3.